The summed E-state index contributed by atoms with van der Waals surface area (Å²) in [6.07, 6.45) is 2.04. The first-order valence-electron chi connectivity index (χ1n) is 26.2. The number of carboxylic acid groups (broad SMARTS) is 1. The highest BCUT2D eigenvalue weighted by atomic mass is 19.1. The standard InChI is InChI=1S/C55H59FN10O15/c1-3-55(80)33-20-39-50-31(26-66(39)53(78)32(33)27-81-54(55)79)49-35(14-12-30-28(2)34(56)21-37(64-50)48(30)49)61-40(67)10-7-18-57-42(69)23-59-51(76)36(13-11-29-8-5-4-6-9-29)62-44(71)25-58-43(70)24-60-52(77)38(22-47(74)75)63-41(68)17-19-65-45(72)15-16-46(65)73/h4-6,8-9,15-16,20-21,35-36,38,80H,3,7,10-14,17-19,22-27H2,1-2H3,(H,57,69)(H,58,70)(H,59,76)(H,60,77)(H,61,67)(H,62,71)(H,63,68)(H,74,75)/t35-,36-,38-,55-/m0/s1. The van der Waals surface area contributed by atoms with Crippen molar-refractivity contribution in [1.29, 1.82) is 0 Å². The fourth-order valence-corrected chi connectivity index (χ4v) is 10.3. The molecular weight excluding hydrogens is 1060 g/mol. The fourth-order valence-electron chi connectivity index (χ4n) is 10.3. The second-order valence-corrected chi connectivity index (χ2v) is 19.9. The highest BCUT2D eigenvalue weighted by molar-refractivity contribution is 6.13. The molecule has 4 aliphatic rings. The smallest absolute Gasteiger partial charge is 0.343 e. The molecule has 8 rings (SSSR count). The molecular formula is C55H59FN10O15. The molecule has 0 bridgehead atoms. The Kier molecular flexibility index (Phi) is 17.8. The number of fused-ring (bicyclic) bond motifs is 5. The van der Waals surface area contributed by atoms with Crippen molar-refractivity contribution in [2.24, 2.45) is 0 Å². The lowest BCUT2D eigenvalue weighted by Crippen LogP contribution is -2.52. The van der Waals surface area contributed by atoms with Gasteiger partial charge in [-0.2, -0.15) is 0 Å². The van der Waals surface area contributed by atoms with Gasteiger partial charge in [-0.05, 0) is 73.8 Å². The van der Waals surface area contributed by atoms with Crippen LogP contribution in [0.5, 0.6) is 0 Å². The number of carboxylic acids is 1. The number of amides is 9. The number of esters is 1. The number of halogens is 1. The summed E-state index contributed by atoms with van der Waals surface area (Å²) in [5.74, 6) is -9.38. The third-order valence-electron chi connectivity index (χ3n) is 14.6. The maximum absolute atomic E-state index is 15.4. The molecule has 25 nitrogen and oxygen atoms in total. The number of benzene rings is 2. The molecule has 2 aromatic heterocycles. The molecule has 81 heavy (non-hydrogen) atoms. The van der Waals surface area contributed by atoms with Crippen LogP contribution in [0.1, 0.15) is 96.9 Å². The van der Waals surface area contributed by atoms with Crippen LogP contribution in [0.25, 0.3) is 22.3 Å². The molecule has 426 valence electrons. The van der Waals surface area contributed by atoms with Crippen LogP contribution in [0, 0.1) is 12.7 Å². The molecule has 0 saturated heterocycles. The number of aromatic nitrogens is 2. The molecule has 2 aromatic carbocycles. The van der Waals surface area contributed by atoms with Gasteiger partial charge in [0.2, 0.25) is 41.4 Å². The molecule has 9 amide bonds. The van der Waals surface area contributed by atoms with Gasteiger partial charge in [-0.3, -0.25) is 57.6 Å². The number of aliphatic carboxylic acids is 1. The van der Waals surface area contributed by atoms with E-state index in [1.165, 1.54) is 10.6 Å². The maximum Gasteiger partial charge on any atom is 0.343 e. The molecule has 5 heterocycles. The van der Waals surface area contributed by atoms with Gasteiger partial charge >= 0.3 is 11.9 Å². The second kappa shape index (κ2) is 24.9. The van der Waals surface area contributed by atoms with Crippen molar-refractivity contribution < 1.29 is 72.1 Å². The zero-order valence-electron chi connectivity index (χ0n) is 44.2. The Morgan fingerprint density at radius 3 is 2.17 bits per heavy atom. The van der Waals surface area contributed by atoms with Crippen molar-refractivity contribution in [1.82, 2.24) is 51.7 Å². The summed E-state index contributed by atoms with van der Waals surface area (Å²) in [6, 6.07) is 8.48. The molecule has 0 spiro atoms. The highest BCUT2D eigenvalue weighted by Gasteiger charge is 2.46. The summed E-state index contributed by atoms with van der Waals surface area (Å²) in [5.41, 5.74) is 2.07. The van der Waals surface area contributed by atoms with E-state index in [-0.39, 0.29) is 69.0 Å². The van der Waals surface area contributed by atoms with Crippen molar-refractivity contribution in [2.45, 2.75) is 109 Å². The number of aliphatic hydroxyl groups is 1. The topological polar surface area (TPSA) is 360 Å². The van der Waals surface area contributed by atoms with Gasteiger partial charge in [0.1, 0.15) is 24.5 Å². The van der Waals surface area contributed by atoms with Crippen LogP contribution >= 0.6 is 0 Å². The number of rotatable bonds is 24. The Hall–Kier alpha value is -9.20. The van der Waals surface area contributed by atoms with Gasteiger partial charge in [0.25, 0.3) is 17.4 Å². The molecule has 3 aliphatic heterocycles. The van der Waals surface area contributed by atoms with Crippen LogP contribution in [0.2, 0.25) is 0 Å². The van der Waals surface area contributed by atoms with Crippen LogP contribution in [0.3, 0.4) is 0 Å². The minimum absolute atomic E-state index is 0.0298. The third kappa shape index (κ3) is 13.0. The van der Waals surface area contributed by atoms with Crippen LogP contribution in [-0.4, -0.2) is 135 Å². The average molecular weight is 1120 g/mol. The van der Waals surface area contributed by atoms with E-state index >= 15 is 4.39 Å². The van der Waals surface area contributed by atoms with Crippen LogP contribution in [0.15, 0.2) is 59.4 Å². The fraction of sp³-hybridized carbons (Fsp3) is 0.400. The molecule has 0 radical (unpaired) electrons. The summed E-state index contributed by atoms with van der Waals surface area (Å²) in [7, 11) is 0. The van der Waals surface area contributed by atoms with Crippen LogP contribution < -0.4 is 42.8 Å². The van der Waals surface area contributed by atoms with E-state index < -0.39 is 127 Å². The van der Waals surface area contributed by atoms with E-state index in [9.17, 15) is 67.7 Å². The summed E-state index contributed by atoms with van der Waals surface area (Å²) >= 11 is 0. The number of cyclic esters (lactones) is 1. The summed E-state index contributed by atoms with van der Waals surface area (Å²) in [5, 5.41) is 38.8. The first-order chi connectivity index (χ1) is 38.7. The van der Waals surface area contributed by atoms with Gasteiger partial charge in [-0.15, -0.1) is 0 Å². The predicted octanol–water partition coefficient (Wildman–Crippen LogP) is -0.732. The Balaban J connectivity index is 0.817. The Labute approximate surface area is 460 Å². The lowest BCUT2D eigenvalue weighted by atomic mass is 9.81. The normalized spacial score (nSPS) is 17.2. The van der Waals surface area contributed by atoms with Crippen molar-refractivity contribution in [2.75, 3.05) is 32.7 Å². The zero-order chi connectivity index (χ0) is 58.3. The number of hydrogen-bond acceptors (Lipinski definition) is 15. The van der Waals surface area contributed by atoms with E-state index in [1.54, 1.807) is 38.1 Å². The van der Waals surface area contributed by atoms with Gasteiger partial charge in [-0.25, -0.2) is 14.2 Å². The molecule has 0 saturated carbocycles. The molecule has 0 unspecified atom stereocenters. The van der Waals surface area contributed by atoms with E-state index in [0.717, 1.165) is 28.2 Å². The summed E-state index contributed by atoms with van der Waals surface area (Å²) < 4.78 is 22.1. The number of nitrogens with zero attached hydrogens (tertiary/aromatic N) is 3. The Morgan fingerprint density at radius 2 is 1.48 bits per heavy atom. The number of nitrogens with one attached hydrogen (secondary N) is 7. The number of aryl methyl sites for hydroxylation is 2. The van der Waals surface area contributed by atoms with Crippen molar-refractivity contribution >= 4 is 76.0 Å². The van der Waals surface area contributed by atoms with Gasteiger partial charge in [-0.1, -0.05) is 37.3 Å². The van der Waals surface area contributed by atoms with Crippen molar-refractivity contribution in [3.05, 3.63) is 110 Å². The van der Waals surface area contributed by atoms with Gasteiger partial charge < -0.3 is 56.7 Å². The maximum atomic E-state index is 15.4. The van der Waals surface area contributed by atoms with E-state index in [1.807, 2.05) is 12.1 Å². The van der Waals surface area contributed by atoms with Crippen LogP contribution in [-0.2, 0) is 89.1 Å². The highest BCUT2D eigenvalue weighted by Crippen LogP contribution is 2.46. The molecule has 1 aliphatic carbocycles. The van der Waals surface area contributed by atoms with Crippen LogP contribution in [0.4, 0.5) is 4.39 Å². The van der Waals surface area contributed by atoms with Gasteiger partial charge in [0, 0.05) is 60.7 Å². The minimum atomic E-state index is -2.06. The number of ether oxygens (including phenoxy) is 1. The lowest BCUT2D eigenvalue weighted by Gasteiger charge is -2.31. The molecule has 9 N–H and O–H groups in total. The average Bonchev–Trinajstić information content (AvgIpc) is 4.24. The first kappa shape index (κ1) is 58.0. The van der Waals surface area contributed by atoms with Gasteiger partial charge in [0.05, 0.1) is 61.1 Å². The first-order valence-corrected chi connectivity index (χ1v) is 26.2. The third-order valence-corrected chi connectivity index (χ3v) is 14.6. The summed E-state index contributed by atoms with van der Waals surface area (Å²) in [4.78, 5) is 158. The number of carbonyl (C=O) groups is 11. The monoisotopic (exact) mass is 1120 g/mol. The SMILES string of the molecule is CC[C@@]1(O)C(=O)OCc2c1cc1n(c2=O)Cc2c-1nc1cc(F)c(C)c3c1c2[C@@H](NC(=O)CCCNC(=O)CNC(=O)[C@H](CCc1ccccc1)NC(=O)CNC(=O)CNC(=O)[C@H](CC(=O)O)NC(=O)CCN1C(=O)C=CC1=O)CC3. The number of carbonyl (C=O) groups excluding carboxylic acids is 10. The van der Waals surface area contributed by atoms with Gasteiger partial charge in [0.15, 0.2) is 5.60 Å². The second-order valence-electron chi connectivity index (χ2n) is 19.9. The van der Waals surface area contributed by atoms with E-state index in [0.29, 0.717) is 58.2 Å². The molecule has 0 fully saturated rings. The largest absolute Gasteiger partial charge is 0.481 e. The molecule has 26 heteroatoms. The zero-order valence-corrected chi connectivity index (χ0v) is 44.2. The Bertz CT molecular complexity index is 3360. The van der Waals surface area contributed by atoms with E-state index in [2.05, 4.69) is 37.2 Å². The number of imide groups is 1. The molecule has 4 aromatic rings. The summed E-state index contributed by atoms with van der Waals surface area (Å²) in [6.45, 7) is 0.806. The number of hydrogen-bond donors (Lipinski definition) is 9. The quantitative estimate of drug-likeness (QED) is 0.0209. The van der Waals surface area contributed by atoms with E-state index in [4.69, 9.17) is 9.72 Å². The Morgan fingerprint density at radius 1 is 0.815 bits per heavy atom. The lowest BCUT2D eigenvalue weighted by molar-refractivity contribution is -0.172. The van der Waals surface area contributed by atoms with Crippen molar-refractivity contribution in [3.63, 3.8) is 0 Å². The minimum Gasteiger partial charge on any atom is -0.481 e. The predicted molar refractivity (Wildman–Crippen MR) is 281 cm³/mol. The molecule has 4 atom stereocenters. The van der Waals surface area contributed by atoms with Crippen molar-refractivity contribution in [3.8, 4) is 11.4 Å². The number of pyridine rings is 2.